The number of aryl methyl sites for hydroxylation is 2. The molecule has 0 aliphatic heterocycles. The summed E-state index contributed by atoms with van der Waals surface area (Å²) >= 11 is 6.21. The summed E-state index contributed by atoms with van der Waals surface area (Å²) in [5.74, 6) is 0.238. The smallest absolute Gasteiger partial charge is 0.129 e. The fraction of sp³-hybridized carbons (Fsp3) is 0.500. The summed E-state index contributed by atoms with van der Waals surface area (Å²) in [6, 6.07) is 3.67. The molecule has 1 rings (SSSR count). The third kappa shape index (κ3) is 2.27. The molecule has 2 heteroatoms. The second-order valence-corrected chi connectivity index (χ2v) is 4.58. The zero-order valence-electron chi connectivity index (χ0n) is 9.07. The quantitative estimate of drug-likeness (QED) is 0.641. The monoisotopic (exact) mass is 214 g/mol. The summed E-state index contributed by atoms with van der Waals surface area (Å²) in [6.45, 7) is 7.67. The summed E-state index contributed by atoms with van der Waals surface area (Å²) < 4.78 is 13.3. The highest BCUT2D eigenvalue weighted by molar-refractivity contribution is 6.21. The highest BCUT2D eigenvalue weighted by Gasteiger charge is 2.14. The third-order valence-corrected chi connectivity index (χ3v) is 3.12. The molecule has 0 aliphatic carbocycles. The number of hydrogen-bond acceptors (Lipinski definition) is 0. The summed E-state index contributed by atoms with van der Waals surface area (Å²) in [5, 5.41) is -0.0343. The molecule has 14 heavy (non-hydrogen) atoms. The molecular formula is C12H16ClF. The Morgan fingerprint density at radius 3 is 1.93 bits per heavy atom. The highest BCUT2D eigenvalue weighted by Crippen LogP contribution is 2.30. The Balaban J connectivity index is 3.12. The fourth-order valence-electron chi connectivity index (χ4n) is 1.52. The van der Waals surface area contributed by atoms with Crippen LogP contribution in [0.5, 0.6) is 0 Å². The van der Waals surface area contributed by atoms with Crippen molar-refractivity contribution in [1.82, 2.24) is 0 Å². The van der Waals surface area contributed by atoms with E-state index in [2.05, 4.69) is 13.8 Å². The van der Waals surface area contributed by atoms with Gasteiger partial charge in [-0.25, -0.2) is 4.39 Å². The molecule has 0 amide bonds. The minimum Gasteiger partial charge on any atom is -0.206 e. The van der Waals surface area contributed by atoms with E-state index < -0.39 is 0 Å². The van der Waals surface area contributed by atoms with Gasteiger partial charge in [0, 0.05) is 0 Å². The van der Waals surface area contributed by atoms with Crippen molar-refractivity contribution in [2.75, 3.05) is 0 Å². The maximum atomic E-state index is 13.3. The first-order chi connectivity index (χ1) is 6.43. The Labute approximate surface area is 90.1 Å². The lowest BCUT2D eigenvalue weighted by molar-refractivity contribution is 0.598. The Kier molecular flexibility index (Phi) is 3.54. The van der Waals surface area contributed by atoms with Gasteiger partial charge in [-0.1, -0.05) is 26.0 Å². The Hall–Kier alpha value is -0.560. The molecule has 1 unspecified atom stereocenters. The van der Waals surface area contributed by atoms with Gasteiger partial charge in [-0.3, -0.25) is 0 Å². The van der Waals surface area contributed by atoms with Gasteiger partial charge in [-0.05, 0) is 36.5 Å². The van der Waals surface area contributed by atoms with E-state index in [9.17, 15) is 4.39 Å². The standard InChI is InChI=1S/C12H16ClF/c1-7(2)11(13)10-5-8(3)12(14)9(4)6-10/h5-7,11H,1-4H3. The minimum absolute atomic E-state index is 0.0343. The number of rotatable bonds is 2. The molecule has 0 aliphatic rings. The number of alkyl halides is 1. The van der Waals surface area contributed by atoms with Crippen LogP contribution in [0.25, 0.3) is 0 Å². The van der Waals surface area contributed by atoms with E-state index in [4.69, 9.17) is 11.6 Å². The van der Waals surface area contributed by atoms with E-state index in [1.54, 1.807) is 13.8 Å². The van der Waals surface area contributed by atoms with Crippen LogP contribution in [0.3, 0.4) is 0 Å². The number of halogens is 2. The Bertz CT molecular complexity index is 308. The lowest BCUT2D eigenvalue weighted by atomic mass is 9.98. The predicted molar refractivity (Wildman–Crippen MR) is 59.3 cm³/mol. The fourth-order valence-corrected chi connectivity index (χ4v) is 1.65. The van der Waals surface area contributed by atoms with Crippen molar-refractivity contribution < 1.29 is 4.39 Å². The summed E-state index contributed by atoms with van der Waals surface area (Å²) in [7, 11) is 0. The van der Waals surface area contributed by atoms with E-state index in [0.717, 1.165) is 5.56 Å². The molecule has 0 saturated carbocycles. The van der Waals surface area contributed by atoms with Gasteiger partial charge in [-0.2, -0.15) is 0 Å². The molecule has 0 aromatic heterocycles. The van der Waals surface area contributed by atoms with Crippen LogP contribution in [0, 0.1) is 25.6 Å². The van der Waals surface area contributed by atoms with Gasteiger partial charge in [0.25, 0.3) is 0 Å². The van der Waals surface area contributed by atoms with Crippen molar-refractivity contribution >= 4 is 11.6 Å². The molecule has 0 heterocycles. The Morgan fingerprint density at radius 2 is 1.57 bits per heavy atom. The molecule has 78 valence electrons. The lowest BCUT2D eigenvalue weighted by Crippen LogP contribution is -2.01. The maximum Gasteiger partial charge on any atom is 0.129 e. The molecule has 0 N–H and O–H groups in total. The van der Waals surface area contributed by atoms with Crippen LogP contribution in [-0.2, 0) is 0 Å². The zero-order chi connectivity index (χ0) is 10.9. The number of hydrogen-bond donors (Lipinski definition) is 0. The molecule has 0 saturated heterocycles. The van der Waals surface area contributed by atoms with E-state index in [1.165, 1.54) is 0 Å². The first-order valence-electron chi connectivity index (χ1n) is 4.84. The highest BCUT2D eigenvalue weighted by atomic mass is 35.5. The van der Waals surface area contributed by atoms with Gasteiger partial charge in [0.05, 0.1) is 5.38 Å². The van der Waals surface area contributed by atoms with Crippen LogP contribution in [0.15, 0.2) is 12.1 Å². The van der Waals surface area contributed by atoms with Crippen LogP contribution < -0.4 is 0 Å². The molecule has 0 fully saturated rings. The van der Waals surface area contributed by atoms with E-state index >= 15 is 0 Å². The summed E-state index contributed by atoms with van der Waals surface area (Å²) in [4.78, 5) is 0. The molecule has 0 nitrogen and oxygen atoms in total. The normalized spacial score (nSPS) is 13.4. The SMILES string of the molecule is Cc1cc(C(Cl)C(C)C)cc(C)c1F. The number of benzene rings is 1. The van der Waals surface area contributed by atoms with Crippen molar-refractivity contribution in [1.29, 1.82) is 0 Å². The van der Waals surface area contributed by atoms with Crippen molar-refractivity contribution in [2.45, 2.75) is 33.1 Å². The van der Waals surface area contributed by atoms with Crippen LogP contribution in [0.4, 0.5) is 4.39 Å². The van der Waals surface area contributed by atoms with E-state index in [-0.39, 0.29) is 11.2 Å². The van der Waals surface area contributed by atoms with Crippen LogP contribution in [0.1, 0.15) is 35.9 Å². The van der Waals surface area contributed by atoms with Gasteiger partial charge in [-0.15, -0.1) is 11.6 Å². The van der Waals surface area contributed by atoms with Crippen LogP contribution in [-0.4, -0.2) is 0 Å². The maximum absolute atomic E-state index is 13.3. The Morgan fingerprint density at radius 1 is 1.14 bits per heavy atom. The van der Waals surface area contributed by atoms with Crippen molar-refractivity contribution in [2.24, 2.45) is 5.92 Å². The average molecular weight is 215 g/mol. The van der Waals surface area contributed by atoms with Gasteiger partial charge < -0.3 is 0 Å². The molecule has 0 radical (unpaired) electrons. The molecular weight excluding hydrogens is 199 g/mol. The van der Waals surface area contributed by atoms with Crippen LogP contribution >= 0.6 is 11.6 Å². The minimum atomic E-state index is -0.124. The first kappa shape index (κ1) is 11.5. The first-order valence-corrected chi connectivity index (χ1v) is 5.28. The van der Waals surface area contributed by atoms with Gasteiger partial charge in [0.15, 0.2) is 0 Å². The topological polar surface area (TPSA) is 0 Å². The summed E-state index contributed by atoms with van der Waals surface area (Å²) in [6.07, 6.45) is 0. The molecule has 0 bridgehead atoms. The molecule has 1 atom stereocenters. The second kappa shape index (κ2) is 4.31. The van der Waals surface area contributed by atoms with Crippen molar-refractivity contribution in [3.05, 3.63) is 34.6 Å². The predicted octanol–water partition coefficient (Wildman–Crippen LogP) is 4.38. The van der Waals surface area contributed by atoms with Crippen molar-refractivity contribution in [3.63, 3.8) is 0 Å². The van der Waals surface area contributed by atoms with E-state index in [0.29, 0.717) is 17.0 Å². The molecule has 0 spiro atoms. The molecule has 1 aromatic carbocycles. The third-order valence-electron chi connectivity index (χ3n) is 2.36. The van der Waals surface area contributed by atoms with E-state index in [1.807, 2.05) is 12.1 Å². The van der Waals surface area contributed by atoms with Gasteiger partial charge in [0.2, 0.25) is 0 Å². The van der Waals surface area contributed by atoms with Gasteiger partial charge >= 0.3 is 0 Å². The summed E-state index contributed by atoms with van der Waals surface area (Å²) in [5.41, 5.74) is 2.36. The second-order valence-electron chi connectivity index (χ2n) is 4.11. The van der Waals surface area contributed by atoms with Gasteiger partial charge in [0.1, 0.15) is 5.82 Å². The zero-order valence-corrected chi connectivity index (χ0v) is 9.82. The van der Waals surface area contributed by atoms with Crippen molar-refractivity contribution in [3.8, 4) is 0 Å². The lowest BCUT2D eigenvalue weighted by Gasteiger charge is -2.15. The largest absolute Gasteiger partial charge is 0.206 e. The average Bonchev–Trinajstić information content (AvgIpc) is 2.12. The molecule has 1 aromatic rings. The van der Waals surface area contributed by atoms with Crippen LogP contribution in [0.2, 0.25) is 0 Å².